The molecule has 3 rings (SSSR count). The first-order valence-corrected chi connectivity index (χ1v) is 7.65. The van der Waals surface area contributed by atoms with Crippen LogP contribution in [0.1, 0.15) is 11.1 Å². The minimum absolute atomic E-state index is 0.0827. The second kappa shape index (κ2) is 7.00. The molecule has 1 aliphatic heterocycles. The van der Waals surface area contributed by atoms with Gasteiger partial charge in [0, 0.05) is 0 Å². The van der Waals surface area contributed by atoms with Crippen molar-refractivity contribution in [1.29, 1.82) is 0 Å². The van der Waals surface area contributed by atoms with E-state index in [0.29, 0.717) is 11.3 Å². The van der Waals surface area contributed by atoms with Crippen LogP contribution in [0.25, 0.3) is 6.08 Å². The SMILES string of the molecule is COc1ccc(C=C2C(=O)NC(=O)N(Cc3ccccc3)C2=O)cc1. The van der Waals surface area contributed by atoms with Crippen molar-refractivity contribution in [1.82, 2.24) is 10.2 Å². The molecule has 0 unspecified atom stereocenters. The Kier molecular flexibility index (Phi) is 4.61. The van der Waals surface area contributed by atoms with E-state index in [-0.39, 0.29) is 12.1 Å². The summed E-state index contributed by atoms with van der Waals surface area (Å²) in [5.41, 5.74) is 1.37. The highest BCUT2D eigenvalue weighted by Crippen LogP contribution is 2.18. The van der Waals surface area contributed by atoms with E-state index in [0.717, 1.165) is 10.5 Å². The number of hydrogen-bond donors (Lipinski definition) is 1. The first-order valence-electron chi connectivity index (χ1n) is 7.65. The van der Waals surface area contributed by atoms with Crippen molar-refractivity contribution >= 4 is 23.9 Å². The van der Waals surface area contributed by atoms with E-state index in [1.165, 1.54) is 6.08 Å². The van der Waals surface area contributed by atoms with E-state index >= 15 is 0 Å². The highest BCUT2D eigenvalue weighted by atomic mass is 16.5. The third kappa shape index (κ3) is 3.58. The molecule has 1 aliphatic rings. The minimum atomic E-state index is -0.717. The zero-order valence-electron chi connectivity index (χ0n) is 13.6. The Labute approximate surface area is 144 Å². The summed E-state index contributed by atoms with van der Waals surface area (Å²) >= 11 is 0. The molecule has 0 bridgehead atoms. The molecule has 0 saturated carbocycles. The van der Waals surface area contributed by atoms with Gasteiger partial charge >= 0.3 is 6.03 Å². The van der Waals surface area contributed by atoms with Gasteiger partial charge in [-0.2, -0.15) is 0 Å². The number of nitrogens with one attached hydrogen (secondary N) is 1. The van der Waals surface area contributed by atoms with Crippen LogP contribution in [0.5, 0.6) is 5.75 Å². The lowest BCUT2D eigenvalue weighted by atomic mass is 10.1. The maximum absolute atomic E-state index is 12.6. The van der Waals surface area contributed by atoms with Crippen LogP contribution in [-0.4, -0.2) is 29.9 Å². The predicted octanol–water partition coefficient (Wildman–Crippen LogP) is 2.36. The van der Waals surface area contributed by atoms with Crippen molar-refractivity contribution < 1.29 is 19.1 Å². The molecule has 2 aromatic carbocycles. The average molecular weight is 336 g/mol. The molecule has 6 heteroatoms. The van der Waals surface area contributed by atoms with Crippen molar-refractivity contribution in [2.24, 2.45) is 0 Å². The number of methoxy groups -OCH3 is 1. The van der Waals surface area contributed by atoms with Crippen LogP contribution in [0.2, 0.25) is 0 Å². The third-order valence-electron chi connectivity index (χ3n) is 3.80. The summed E-state index contributed by atoms with van der Waals surface area (Å²) < 4.78 is 5.08. The second-order valence-corrected chi connectivity index (χ2v) is 5.47. The van der Waals surface area contributed by atoms with Gasteiger partial charge in [-0.3, -0.25) is 19.8 Å². The molecule has 126 valence electrons. The zero-order chi connectivity index (χ0) is 17.8. The number of carbonyl (C=O) groups is 3. The van der Waals surface area contributed by atoms with Gasteiger partial charge < -0.3 is 4.74 Å². The van der Waals surface area contributed by atoms with E-state index in [1.807, 2.05) is 30.3 Å². The molecule has 0 radical (unpaired) electrons. The summed E-state index contributed by atoms with van der Waals surface area (Å²) in [6.45, 7) is 0.0960. The summed E-state index contributed by atoms with van der Waals surface area (Å²) in [5, 5.41) is 2.21. The number of imide groups is 2. The fourth-order valence-electron chi connectivity index (χ4n) is 2.47. The van der Waals surface area contributed by atoms with E-state index in [9.17, 15) is 14.4 Å². The normalized spacial score (nSPS) is 16.1. The molecule has 1 fully saturated rings. The monoisotopic (exact) mass is 336 g/mol. The summed E-state index contributed by atoms with van der Waals surface area (Å²) in [4.78, 5) is 37.7. The molecule has 0 spiro atoms. The zero-order valence-corrected chi connectivity index (χ0v) is 13.6. The van der Waals surface area contributed by atoms with Crippen molar-refractivity contribution in [3.63, 3.8) is 0 Å². The standard InChI is InChI=1S/C19H16N2O4/c1-25-15-9-7-13(8-10-15)11-16-17(22)20-19(24)21(18(16)23)12-14-5-3-2-4-6-14/h2-11H,12H2,1H3,(H,20,22,24). The van der Waals surface area contributed by atoms with Gasteiger partial charge in [0.1, 0.15) is 11.3 Å². The summed E-state index contributed by atoms with van der Waals surface area (Å²) in [5.74, 6) is -0.647. The lowest BCUT2D eigenvalue weighted by Crippen LogP contribution is -2.53. The Morgan fingerprint density at radius 3 is 2.32 bits per heavy atom. The highest BCUT2D eigenvalue weighted by Gasteiger charge is 2.35. The molecule has 1 saturated heterocycles. The summed E-state index contributed by atoms with van der Waals surface area (Å²) in [7, 11) is 1.55. The van der Waals surface area contributed by atoms with Gasteiger partial charge in [0.25, 0.3) is 11.8 Å². The van der Waals surface area contributed by atoms with Crippen LogP contribution in [0.4, 0.5) is 4.79 Å². The van der Waals surface area contributed by atoms with Gasteiger partial charge in [0.15, 0.2) is 0 Å². The van der Waals surface area contributed by atoms with Crippen molar-refractivity contribution in [2.75, 3.05) is 7.11 Å². The molecule has 1 heterocycles. The van der Waals surface area contributed by atoms with Crippen molar-refractivity contribution in [2.45, 2.75) is 6.54 Å². The van der Waals surface area contributed by atoms with Gasteiger partial charge in [-0.05, 0) is 29.3 Å². The van der Waals surface area contributed by atoms with Gasteiger partial charge in [-0.1, -0.05) is 42.5 Å². The second-order valence-electron chi connectivity index (χ2n) is 5.47. The van der Waals surface area contributed by atoms with E-state index in [4.69, 9.17) is 4.74 Å². The molecule has 0 aliphatic carbocycles. The Morgan fingerprint density at radius 2 is 1.68 bits per heavy atom. The average Bonchev–Trinajstić information content (AvgIpc) is 2.63. The van der Waals surface area contributed by atoms with Gasteiger partial charge in [0.05, 0.1) is 13.7 Å². The number of benzene rings is 2. The third-order valence-corrected chi connectivity index (χ3v) is 3.80. The van der Waals surface area contributed by atoms with Crippen molar-refractivity contribution in [3.8, 4) is 5.75 Å². The fraction of sp³-hybridized carbons (Fsp3) is 0.105. The minimum Gasteiger partial charge on any atom is -0.497 e. The lowest BCUT2D eigenvalue weighted by molar-refractivity contribution is -0.130. The Hall–Kier alpha value is -3.41. The van der Waals surface area contributed by atoms with Gasteiger partial charge in [-0.25, -0.2) is 4.79 Å². The van der Waals surface area contributed by atoms with E-state index in [1.54, 1.807) is 31.4 Å². The quantitative estimate of drug-likeness (QED) is 0.687. The van der Waals surface area contributed by atoms with Gasteiger partial charge in [-0.15, -0.1) is 0 Å². The summed E-state index contributed by atoms with van der Waals surface area (Å²) in [6, 6.07) is 15.3. The Balaban J connectivity index is 1.87. The molecule has 4 amide bonds. The molecule has 6 nitrogen and oxygen atoms in total. The first kappa shape index (κ1) is 16.4. The molecule has 1 N–H and O–H groups in total. The lowest BCUT2D eigenvalue weighted by Gasteiger charge is -2.26. The fourth-order valence-corrected chi connectivity index (χ4v) is 2.47. The number of carbonyl (C=O) groups excluding carboxylic acids is 3. The number of urea groups is 1. The molecule has 0 atom stereocenters. The van der Waals surface area contributed by atoms with Crippen LogP contribution in [0.3, 0.4) is 0 Å². The van der Waals surface area contributed by atoms with Crippen LogP contribution < -0.4 is 10.1 Å². The number of rotatable bonds is 4. The molecular weight excluding hydrogens is 320 g/mol. The molecule has 2 aromatic rings. The van der Waals surface area contributed by atoms with E-state index in [2.05, 4.69) is 5.32 Å². The Bertz CT molecular complexity index is 841. The number of ether oxygens (including phenoxy) is 1. The number of hydrogen-bond acceptors (Lipinski definition) is 4. The maximum Gasteiger partial charge on any atom is 0.331 e. The molecular formula is C19H16N2O4. The topological polar surface area (TPSA) is 75.7 Å². The number of amides is 4. The van der Waals surface area contributed by atoms with Crippen LogP contribution in [-0.2, 0) is 16.1 Å². The molecule has 0 aromatic heterocycles. The summed E-state index contributed by atoms with van der Waals surface area (Å²) in [6.07, 6.45) is 1.46. The maximum atomic E-state index is 12.6. The number of barbiturate groups is 1. The highest BCUT2D eigenvalue weighted by molar-refractivity contribution is 6.30. The molecule has 25 heavy (non-hydrogen) atoms. The smallest absolute Gasteiger partial charge is 0.331 e. The van der Waals surface area contributed by atoms with Crippen LogP contribution >= 0.6 is 0 Å². The van der Waals surface area contributed by atoms with Crippen LogP contribution in [0.15, 0.2) is 60.2 Å². The van der Waals surface area contributed by atoms with E-state index < -0.39 is 17.8 Å². The van der Waals surface area contributed by atoms with Gasteiger partial charge in [0.2, 0.25) is 0 Å². The van der Waals surface area contributed by atoms with Crippen LogP contribution in [0, 0.1) is 0 Å². The largest absolute Gasteiger partial charge is 0.497 e. The Morgan fingerprint density at radius 1 is 1.00 bits per heavy atom. The first-order chi connectivity index (χ1) is 12.1. The number of nitrogens with zero attached hydrogens (tertiary/aromatic N) is 1. The predicted molar refractivity (Wildman–Crippen MR) is 91.5 cm³/mol. The van der Waals surface area contributed by atoms with Crippen molar-refractivity contribution in [3.05, 3.63) is 71.3 Å².